The van der Waals surface area contributed by atoms with Crippen molar-refractivity contribution in [3.63, 3.8) is 0 Å². The first-order valence-electron chi connectivity index (χ1n) is 9.57. The van der Waals surface area contributed by atoms with Gasteiger partial charge in [-0.05, 0) is 60.1 Å². The number of rotatable bonds is 3. The Labute approximate surface area is 173 Å². The molecule has 0 atom stereocenters. The molecule has 2 aliphatic rings. The summed E-state index contributed by atoms with van der Waals surface area (Å²) in [6.45, 7) is 5.18. The van der Waals surface area contributed by atoms with Crippen molar-refractivity contribution in [3.8, 4) is 0 Å². The molecule has 0 bridgehead atoms. The Morgan fingerprint density at radius 2 is 1.52 bits per heavy atom. The molecule has 7 heteroatoms. The molecule has 0 saturated carbocycles. The number of carbonyl (C=O) groups is 1. The van der Waals surface area contributed by atoms with Gasteiger partial charge in [0, 0.05) is 54.5 Å². The second-order valence-corrected chi connectivity index (χ2v) is 8.32. The lowest BCUT2D eigenvalue weighted by molar-refractivity contribution is 0.0746. The third-order valence-corrected chi connectivity index (χ3v) is 5.95. The van der Waals surface area contributed by atoms with Crippen LogP contribution in [-0.4, -0.2) is 60.0 Å². The van der Waals surface area contributed by atoms with E-state index in [1.807, 2.05) is 29.2 Å². The van der Waals surface area contributed by atoms with Crippen molar-refractivity contribution >= 4 is 40.1 Å². The molecule has 4 rings (SSSR count). The van der Waals surface area contributed by atoms with Crippen LogP contribution in [0.5, 0.6) is 0 Å². The first-order chi connectivity index (χ1) is 13.2. The lowest BCUT2D eigenvalue weighted by Gasteiger charge is -2.36. The van der Waals surface area contributed by atoms with Crippen LogP contribution in [-0.2, 0) is 0 Å². The molecule has 2 fully saturated rings. The van der Waals surface area contributed by atoms with Crippen molar-refractivity contribution in [2.45, 2.75) is 19.3 Å². The van der Waals surface area contributed by atoms with E-state index in [4.69, 9.17) is 0 Å². The molecule has 6 nitrogen and oxygen atoms in total. The molecule has 142 valence electrons. The van der Waals surface area contributed by atoms with Crippen LogP contribution in [0.2, 0.25) is 0 Å². The average molecular weight is 477 g/mol. The van der Waals surface area contributed by atoms with Gasteiger partial charge in [-0.15, -0.1) is 0 Å². The van der Waals surface area contributed by atoms with Gasteiger partial charge in [-0.25, -0.2) is 9.97 Å². The van der Waals surface area contributed by atoms with Gasteiger partial charge < -0.3 is 14.7 Å². The molecule has 2 saturated heterocycles. The third kappa shape index (κ3) is 4.34. The van der Waals surface area contributed by atoms with Crippen LogP contribution in [0.4, 0.5) is 11.6 Å². The minimum Gasteiger partial charge on any atom is -0.356 e. The van der Waals surface area contributed by atoms with E-state index in [-0.39, 0.29) is 5.91 Å². The summed E-state index contributed by atoms with van der Waals surface area (Å²) in [6.07, 6.45) is 5.45. The number of benzene rings is 1. The van der Waals surface area contributed by atoms with Gasteiger partial charge in [0.25, 0.3) is 5.91 Å². The molecule has 0 aliphatic carbocycles. The van der Waals surface area contributed by atoms with Gasteiger partial charge in [-0.2, -0.15) is 0 Å². The maximum absolute atomic E-state index is 12.7. The van der Waals surface area contributed by atoms with Crippen molar-refractivity contribution in [1.82, 2.24) is 14.9 Å². The standard InChI is InChI=1S/C20H24IN5O/c21-17-6-4-5-16(13-17)20(27)26-11-9-25(10-12-26)19-14-18(22-15-23-19)24-7-2-1-3-8-24/h4-6,13-15H,1-3,7-12H2. The molecule has 1 aromatic carbocycles. The predicted octanol–water partition coefficient (Wildman–Crippen LogP) is 3.03. The maximum Gasteiger partial charge on any atom is 0.254 e. The molecule has 0 radical (unpaired) electrons. The summed E-state index contributed by atoms with van der Waals surface area (Å²) in [5, 5.41) is 0. The Morgan fingerprint density at radius 1 is 0.852 bits per heavy atom. The first-order valence-corrected chi connectivity index (χ1v) is 10.7. The summed E-state index contributed by atoms with van der Waals surface area (Å²) in [6, 6.07) is 9.89. The second-order valence-electron chi connectivity index (χ2n) is 7.07. The molecular weight excluding hydrogens is 453 g/mol. The minimum atomic E-state index is 0.116. The minimum absolute atomic E-state index is 0.116. The molecule has 2 aromatic rings. The number of amides is 1. The fraction of sp³-hybridized carbons (Fsp3) is 0.450. The van der Waals surface area contributed by atoms with E-state index in [2.05, 4.69) is 48.4 Å². The highest BCUT2D eigenvalue weighted by Gasteiger charge is 2.23. The number of nitrogens with zero attached hydrogens (tertiary/aromatic N) is 5. The number of piperazine rings is 1. The number of halogens is 1. The van der Waals surface area contributed by atoms with Crippen molar-refractivity contribution in [1.29, 1.82) is 0 Å². The van der Waals surface area contributed by atoms with Gasteiger partial charge >= 0.3 is 0 Å². The number of anilines is 2. The van der Waals surface area contributed by atoms with Crippen LogP contribution in [0.15, 0.2) is 36.7 Å². The van der Waals surface area contributed by atoms with E-state index in [1.54, 1.807) is 6.33 Å². The molecule has 1 aromatic heterocycles. The SMILES string of the molecule is O=C(c1cccc(I)c1)N1CCN(c2cc(N3CCCCC3)ncn2)CC1. The summed E-state index contributed by atoms with van der Waals surface area (Å²) in [5.74, 6) is 2.11. The van der Waals surface area contributed by atoms with Crippen LogP contribution in [0.25, 0.3) is 0 Å². The largest absolute Gasteiger partial charge is 0.356 e. The smallest absolute Gasteiger partial charge is 0.254 e. The summed E-state index contributed by atoms with van der Waals surface area (Å²) in [7, 11) is 0. The van der Waals surface area contributed by atoms with Crippen LogP contribution < -0.4 is 9.80 Å². The van der Waals surface area contributed by atoms with E-state index in [0.717, 1.165) is 46.9 Å². The van der Waals surface area contributed by atoms with Crippen molar-refractivity contribution in [3.05, 3.63) is 45.8 Å². The number of aromatic nitrogens is 2. The zero-order valence-electron chi connectivity index (χ0n) is 15.4. The average Bonchev–Trinajstić information content (AvgIpc) is 2.74. The van der Waals surface area contributed by atoms with Gasteiger partial charge in [0.15, 0.2) is 0 Å². The first kappa shape index (κ1) is 18.5. The van der Waals surface area contributed by atoms with Crippen molar-refractivity contribution in [2.75, 3.05) is 49.1 Å². The second kappa shape index (κ2) is 8.41. The molecule has 0 spiro atoms. The molecule has 1 amide bonds. The number of piperidine rings is 1. The van der Waals surface area contributed by atoms with Crippen molar-refractivity contribution in [2.24, 2.45) is 0 Å². The fourth-order valence-electron chi connectivity index (χ4n) is 3.75. The summed E-state index contributed by atoms with van der Waals surface area (Å²) < 4.78 is 1.09. The number of carbonyl (C=O) groups excluding carboxylic acids is 1. The van der Waals surface area contributed by atoms with E-state index < -0.39 is 0 Å². The van der Waals surface area contributed by atoms with Crippen LogP contribution >= 0.6 is 22.6 Å². The Kier molecular flexibility index (Phi) is 5.75. The molecule has 0 N–H and O–H groups in total. The summed E-state index contributed by atoms with van der Waals surface area (Å²) in [4.78, 5) is 28.2. The van der Waals surface area contributed by atoms with E-state index in [0.29, 0.717) is 13.1 Å². The third-order valence-electron chi connectivity index (χ3n) is 5.28. The summed E-state index contributed by atoms with van der Waals surface area (Å²) in [5.41, 5.74) is 0.768. The molecule has 0 unspecified atom stereocenters. The normalized spacial score (nSPS) is 17.9. The lowest BCUT2D eigenvalue weighted by Crippen LogP contribution is -2.49. The predicted molar refractivity (Wildman–Crippen MR) is 115 cm³/mol. The highest BCUT2D eigenvalue weighted by atomic mass is 127. The van der Waals surface area contributed by atoms with Gasteiger partial charge in [0.1, 0.15) is 18.0 Å². The van der Waals surface area contributed by atoms with Gasteiger partial charge in [-0.3, -0.25) is 4.79 Å². The Morgan fingerprint density at radius 3 is 2.19 bits per heavy atom. The van der Waals surface area contributed by atoms with Gasteiger partial charge in [0.2, 0.25) is 0 Å². The highest BCUT2D eigenvalue weighted by molar-refractivity contribution is 14.1. The molecular formula is C20H24IN5O. The zero-order valence-corrected chi connectivity index (χ0v) is 17.5. The lowest BCUT2D eigenvalue weighted by atomic mass is 10.1. The number of hydrogen-bond acceptors (Lipinski definition) is 5. The van der Waals surface area contributed by atoms with E-state index >= 15 is 0 Å². The van der Waals surface area contributed by atoms with Crippen LogP contribution in [0.3, 0.4) is 0 Å². The van der Waals surface area contributed by atoms with Gasteiger partial charge in [0.05, 0.1) is 0 Å². The van der Waals surface area contributed by atoms with Crippen LogP contribution in [0.1, 0.15) is 29.6 Å². The quantitative estimate of drug-likeness (QED) is 0.637. The molecule has 3 heterocycles. The Hall–Kier alpha value is -1.90. The van der Waals surface area contributed by atoms with Crippen molar-refractivity contribution < 1.29 is 4.79 Å². The number of hydrogen-bond donors (Lipinski definition) is 0. The highest BCUT2D eigenvalue weighted by Crippen LogP contribution is 2.22. The monoisotopic (exact) mass is 477 g/mol. The fourth-order valence-corrected chi connectivity index (χ4v) is 4.29. The van der Waals surface area contributed by atoms with Gasteiger partial charge in [-0.1, -0.05) is 6.07 Å². The van der Waals surface area contributed by atoms with E-state index in [1.165, 1.54) is 19.3 Å². The van der Waals surface area contributed by atoms with Crippen LogP contribution in [0, 0.1) is 3.57 Å². The Balaban J connectivity index is 1.40. The Bertz CT molecular complexity index is 800. The zero-order chi connectivity index (χ0) is 18.6. The maximum atomic E-state index is 12.7. The molecule has 27 heavy (non-hydrogen) atoms. The summed E-state index contributed by atoms with van der Waals surface area (Å²) >= 11 is 2.24. The molecule has 2 aliphatic heterocycles. The topological polar surface area (TPSA) is 52.6 Å². The van der Waals surface area contributed by atoms with E-state index in [9.17, 15) is 4.79 Å².